The van der Waals surface area contributed by atoms with Gasteiger partial charge in [-0.15, -0.1) is 0 Å². The highest BCUT2D eigenvalue weighted by molar-refractivity contribution is 7.92. The van der Waals surface area contributed by atoms with Crippen LogP contribution in [0.2, 0.25) is 0 Å². The number of anilines is 1. The van der Waals surface area contributed by atoms with Crippen LogP contribution in [0.5, 0.6) is 5.75 Å². The van der Waals surface area contributed by atoms with Crippen LogP contribution in [0.4, 0.5) is 10.1 Å². The molecule has 9 heteroatoms. The lowest BCUT2D eigenvalue weighted by molar-refractivity contribution is -0.119. The van der Waals surface area contributed by atoms with Crippen molar-refractivity contribution in [2.45, 2.75) is 44.2 Å². The molecule has 7 nitrogen and oxygen atoms in total. The first-order chi connectivity index (χ1) is 18.4. The molecule has 1 amide bonds. The van der Waals surface area contributed by atoms with Crippen molar-refractivity contribution < 1.29 is 22.3 Å². The van der Waals surface area contributed by atoms with Crippen molar-refractivity contribution in [2.75, 3.05) is 30.5 Å². The van der Waals surface area contributed by atoms with Crippen molar-refractivity contribution in [3.63, 3.8) is 0 Å². The number of sulfonamides is 1. The molecular formula is C29H34FN3O4S. The Bertz CT molecular complexity index is 1310. The number of ether oxygens (including phenoxy) is 1. The van der Waals surface area contributed by atoms with E-state index in [1.54, 1.807) is 24.3 Å². The van der Waals surface area contributed by atoms with E-state index >= 15 is 0 Å². The molecule has 1 aliphatic rings. The fraction of sp³-hybridized carbons (Fsp3) is 0.345. The second-order valence-corrected chi connectivity index (χ2v) is 11.1. The fourth-order valence-corrected chi connectivity index (χ4v) is 5.97. The molecule has 4 rings (SSSR count). The van der Waals surface area contributed by atoms with Crippen molar-refractivity contribution in [1.82, 2.24) is 10.2 Å². The number of nitrogens with one attached hydrogen (secondary N) is 1. The normalized spacial score (nSPS) is 14.2. The van der Waals surface area contributed by atoms with Crippen LogP contribution in [-0.2, 0) is 27.9 Å². The van der Waals surface area contributed by atoms with Gasteiger partial charge in [-0.1, -0.05) is 30.7 Å². The van der Waals surface area contributed by atoms with Gasteiger partial charge in [0.2, 0.25) is 5.91 Å². The van der Waals surface area contributed by atoms with Crippen molar-refractivity contribution in [3.8, 4) is 5.75 Å². The lowest BCUT2D eigenvalue weighted by atomic mass is 10.0. The molecular weight excluding hydrogens is 505 g/mol. The van der Waals surface area contributed by atoms with E-state index in [-0.39, 0.29) is 11.4 Å². The van der Waals surface area contributed by atoms with Crippen LogP contribution < -0.4 is 14.4 Å². The molecule has 202 valence electrons. The highest BCUT2D eigenvalue weighted by Gasteiger charge is 2.27. The first-order valence-electron chi connectivity index (χ1n) is 12.9. The Morgan fingerprint density at radius 3 is 2.26 bits per heavy atom. The third kappa shape index (κ3) is 7.11. The minimum absolute atomic E-state index is 0.104. The molecule has 38 heavy (non-hydrogen) atoms. The molecule has 0 bridgehead atoms. The molecule has 0 unspecified atom stereocenters. The maximum absolute atomic E-state index is 13.5. The molecule has 0 radical (unpaired) electrons. The molecule has 1 fully saturated rings. The quantitative estimate of drug-likeness (QED) is 0.382. The summed E-state index contributed by atoms with van der Waals surface area (Å²) in [7, 11) is -4.14. The minimum atomic E-state index is -4.14. The number of nitrogens with zero attached hydrogens (tertiary/aromatic N) is 2. The molecule has 0 aromatic heterocycles. The smallest absolute Gasteiger partial charge is 0.264 e. The van der Waals surface area contributed by atoms with Gasteiger partial charge in [-0.25, -0.2) is 12.8 Å². The average Bonchev–Trinajstić information content (AvgIpc) is 2.93. The average molecular weight is 540 g/mol. The van der Waals surface area contributed by atoms with E-state index < -0.39 is 28.3 Å². The molecule has 3 aromatic rings. The van der Waals surface area contributed by atoms with E-state index in [4.69, 9.17) is 4.74 Å². The monoisotopic (exact) mass is 539 g/mol. The van der Waals surface area contributed by atoms with Gasteiger partial charge in [0.05, 0.1) is 17.2 Å². The van der Waals surface area contributed by atoms with Gasteiger partial charge in [-0.05, 0) is 92.5 Å². The Morgan fingerprint density at radius 1 is 0.947 bits per heavy atom. The Hall–Kier alpha value is -3.43. The summed E-state index contributed by atoms with van der Waals surface area (Å²) in [6, 6.07) is 19.0. The number of hydrogen-bond donors (Lipinski definition) is 1. The van der Waals surface area contributed by atoms with Gasteiger partial charge >= 0.3 is 0 Å². The van der Waals surface area contributed by atoms with Crippen LogP contribution in [0.25, 0.3) is 0 Å². The largest absolute Gasteiger partial charge is 0.494 e. The molecule has 3 aromatic carbocycles. The SMILES string of the molecule is CCOc1ccc(N(CC(=O)NCc2ccccc2CN2CCCCC2)S(=O)(=O)c2ccc(F)cc2)cc1. The third-order valence-corrected chi connectivity index (χ3v) is 8.35. The number of piperidine rings is 1. The lowest BCUT2D eigenvalue weighted by Gasteiger charge is -2.27. The third-order valence-electron chi connectivity index (χ3n) is 6.56. The van der Waals surface area contributed by atoms with Gasteiger partial charge in [-0.2, -0.15) is 0 Å². The van der Waals surface area contributed by atoms with Crippen LogP contribution in [0.1, 0.15) is 37.3 Å². The van der Waals surface area contributed by atoms with Gasteiger partial charge in [-0.3, -0.25) is 14.0 Å². The number of halogens is 1. The van der Waals surface area contributed by atoms with E-state index in [2.05, 4.69) is 16.3 Å². The Balaban J connectivity index is 1.51. The Labute approximate surface area is 224 Å². The number of likely N-dealkylation sites (tertiary alicyclic amines) is 1. The molecule has 1 aliphatic heterocycles. The highest BCUT2D eigenvalue weighted by atomic mass is 32.2. The van der Waals surface area contributed by atoms with Crippen LogP contribution in [0, 0.1) is 5.82 Å². The van der Waals surface area contributed by atoms with E-state index in [0.717, 1.165) is 47.2 Å². The van der Waals surface area contributed by atoms with Crippen molar-refractivity contribution in [3.05, 3.63) is 89.7 Å². The zero-order chi connectivity index (χ0) is 27.0. The predicted molar refractivity (Wildman–Crippen MR) is 146 cm³/mol. The number of benzene rings is 3. The molecule has 0 saturated carbocycles. The van der Waals surface area contributed by atoms with Crippen molar-refractivity contribution in [1.29, 1.82) is 0 Å². The summed E-state index contributed by atoms with van der Waals surface area (Å²) in [6.07, 6.45) is 3.66. The zero-order valence-electron chi connectivity index (χ0n) is 21.6. The number of carbonyl (C=O) groups excluding carboxylic acids is 1. The van der Waals surface area contributed by atoms with Crippen LogP contribution >= 0.6 is 0 Å². The van der Waals surface area contributed by atoms with Crippen molar-refractivity contribution in [2.24, 2.45) is 0 Å². The van der Waals surface area contributed by atoms with Gasteiger partial charge in [0.1, 0.15) is 18.1 Å². The summed E-state index contributed by atoms with van der Waals surface area (Å²) in [5.74, 6) is -0.403. The summed E-state index contributed by atoms with van der Waals surface area (Å²) in [5, 5.41) is 2.89. The standard InChI is InChI=1S/C29H34FN3O4S/c1-2-37-27-14-12-26(13-15-27)33(38(35,36)28-16-10-25(30)11-17-28)22-29(34)31-20-23-8-4-5-9-24(23)21-32-18-6-3-7-19-32/h4-5,8-17H,2-3,6-7,18-22H2,1H3,(H,31,34). The summed E-state index contributed by atoms with van der Waals surface area (Å²) in [5.41, 5.74) is 2.45. The number of amides is 1. The second-order valence-electron chi connectivity index (χ2n) is 9.27. The molecule has 0 aliphatic carbocycles. The van der Waals surface area contributed by atoms with Crippen LogP contribution in [-0.4, -0.2) is 45.5 Å². The summed E-state index contributed by atoms with van der Waals surface area (Å²) >= 11 is 0. The first kappa shape index (κ1) is 27.6. The van der Waals surface area contributed by atoms with E-state index in [1.807, 2.05) is 25.1 Å². The topological polar surface area (TPSA) is 79.0 Å². The van der Waals surface area contributed by atoms with Crippen LogP contribution in [0.3, 0.4) is 0 Å². The van der Waals surface area contributed by atoms with Gasteiger partial charge in [0.25, 0.3) is 10.0 Å². The molecule has 1 heterocycles. The Morgan fingerprint density at radius 2 is 1.61 bits per heavy atom. The summed E-state index contributed by atoms with van der Waals surface area (Å²) in [6.45, 7) is 5.15. The number of hydrogen-bond acceptors (Lipinski definition) is 5. The number of rotatable bonds is 11. The maximum Gasteiger partial charge on any atom is 0.264 e. The minimum Gasteiger partial charge on any atom is -0.494 e. The zero-order valence-corrected chi connectivity index (χ0v) is 22.4. The molecule has 0 atom stereocenters. The van der Waals surface area contributed by atoms with Gasteiger partial charge in [0.15, 0.2) is 0 Å². The highest BCUT2D eigenvalue weighted by Crippen LogP contribution is 2.26. The molecule has 1 N–H and O–H groups in total. The predicted octanol–water partition coefficient (Wildman–Crippen LogP) is 4.72. The molecule has 1 saturated heterocycles. The first-order valence-corrected chi connectivity index (χ1v) is 14.4. The summed E-state index contributed by atoms with van der Waals surface area (Å²) in [4.78, 5) is 15.4. The summed E-state index contributed by atoms with van der Waals surface area (Å²) < 4.78 is 47.0. The van der Waals surface area contributed by atoms with E-state index in [9.17, 15) is 17.6 Å². The van der Waals surface area contributed by atoms with Gasteiger partial charge in [0, 0.05) is 13.1 Å². The van der Waals surface area contributed by atoms with Gasteiger partial charge < -0.3 is 10.1 Å². The van der Waals surface area contributed by atoms with Crippen LogP contribution in [0.15, 0.2) is 77.7 Å². The lowest BCUT2D eigenvalue weighted by Crippen LogP contribution is -2.40. The fourth-order valence-electron chi connectivity index (χ4n) is 4.55. The maximum atomic E-state index is 13.5. The van der Waals surface area contributed by atoms with Crippen molar-refractivity contribution >= 4 is 21.6 Å². The van der Waals surface area contributed by atoms with E-state index in [0.29, 0.717) is 18.0 Å². The Kier molecular flexibility index (Phi) is 9.36. The molecule has 0 spiro atoms. The van der Waals surface area contributed by atoms with E-state index in [1.165, 1.54) is 31.4 Å². The number of carbonyl (C=O) groups is 1. The second kappa shape index (κ2) is 12.9.